The quantitative estimate of drug-likeness (QED) is 0.935. The maximum absolute atomic E-state index is 11.7. The van der Waals surface area contributed by atoms with Crippen molar-refractivity contribution < 1.29 is 9.21 Å². The van der Waals surface area contributed by atoms with Crippen LogP contribution in [0.3, 0.4) is 0 Å². The molecule has 6 heteroatoms. The van der Waals surface area contributed by atoms with E-state index >= 15 is 0 Å². The third-order valence-corrected chi connectivity index (χ3v) is 2.91. The van der Waals surface area contributed by atoms with Crippen LogP contribution >= 0.6 is 15.9 Å². The molecule has 0 saturated carbocycles. The molecule has 2 aromatic heterocycles. The maximum Gasteiger partial charge on any atom is 0.255 e. The van der Waals surface area contributed by atoms with Crippen molar-refractivity contribution in [3.63, 3.8) is 0 Å². The molecule has 0 atom stereocenters. The standard InChI is InChI=1S/C11H12BrN3O2/c1-15-6-3-8(14-15)2-5-13-11(16)9-4-7-17-10(9)12/h3-4,6-7H,2,5H2,1H3,(H,13,16). The van der Waals surface area contributed by atoms with Gasteiger partial charge in [0.2, 0.25) is 0 Å². The lowest BCUT2D eigenvalue weighted by atomic mass is 10.3. The molecule has 0 fully saturated rings. The fraction of sp³-hybridized carbons (Fsp3) is 0.273. The number of hydrogen-bond donors (Lipinski definition) is 1. The van der Waals surface area contributed by atoms with E-state index < -0.39 is 0 Å². The topological polar surface area (TPSA) is 60.1 Å². The van der Waals surface area contributed by atoms with Crippen molar-refractivity contribution in [2.75, 3.05) is 6.54 Å². The Morgan fingerprint density at radius 1 is 1.59 bits per heavy atom. The van der Waals surface area contributed by atoms with Crippen LogP contribution in [0.4, 0.5) is 0 Å². The van der Waals surface area contributed by atoms with E-state index in [0.717, 1.165) is 5.69 Å². The predicted molar refractivity (Wildman–Crippen MR) is 65.7 cm³/mol. The third-order valence-electron chi connectivity index (χ3n) is 2.30. The Labute approximate surface area is 107 Å². The molecule has 90 valence electrons. The molecule has 0 saturated heterocycles. The molecule has 0 radical (unpaired) electrons. The van der Waals surface area contributed by atoms with Gasteiger partial charge >= 0.3 is 0 Å². The molecule has 0 aliphatic rings. The highest BCUT2D eigenvalue weighted by Gasteiger charge is 2.11. The molecule has 0 bridgehead atoms. The molecule has 17 heavy (non-hydrogen) atoms. The molecule has 0 aliphatic carbocycles. The summed E-state index contributed by atoms with van der Waals surface area (Å²) in [4.78, 5) is 11.7. The minimum Gasteiger partial charge on any atom is -0.457 e. The number of aryl methyl sites for hydroxylation is 1. The van der Waals surface area contributed by atoms with Gasteiger partial charge in [-0.25, -0.2) is 0 Å². The number of aromatic nitrogens is 2. The number of nitrogens with zero attached hydrogens (tertiary/aromatic N) is 2. The lowest BCUT2D eigenvalue weighted by molar-refractivity contribution is 0.0952. The second kappa shape index (κ2) is 5.18. The molecule has 1 amide bonds. The van der Waals surface area contributed by atoms with Crippen LogP contribution < -0.4 is 5.32 Å². The predicted octanol–water partition coefficient (Wildman–Crippen LogP) is 1.75. The van der Waals surface area contributed by atoms with Crippen molar-refractivity contribution in [2.45, 2.75) is 6.42 Å². The van der Waals surface area contributed by atoms with Crippen molar-refractivity contribution in [2.24, 2.45) is 7.05 Å². The fourth-order valence-corrected chi connectivity index (χ4v) is 1.87. The highest BCUT2D eigenvalue weighted by molar-refractivity contribution is 9.10. The summed E-state index contributed by atoms with van der Waals surface area (Å²) in [5.41, 5.74) is 1.46. The van der Waals surface area contributed by atoms with Gasteiger partial charge in [-0.1, -0.05) is 0 Å². The number of amides is 1. The van der Waals surface area contributed by atoms with Gasteiger partial charge in [-0.2, -0.15) is 5.10 Å². The molecule has 1 N–H and O–H groups in total. The maximum atomic E-state index is 11.7. The van der Waals surface area contributed by atoms with Gasteiger partial charge in [-0.05, 0) is 28.1 Å². The first-order valence-corrected chi connectivity index (χ1v) is 5.96. The second-order valence-electron chi connectivity index (χ2n) is 3.59. The Bertz CT molecular complexity index is 518. The van der Waals surface area contributed by atoms with Crippen LogP contribution in [0, 0.1) is 0 Å². The lowest BCUT2D eigenvalue weighted by Crippen LogP contribution is -2.25. The van der Waals surface area contributed by atoms with Crippen LogP contribution in [0.1, 0.15) is 16.1 Å². The first kappa shape index (κ1) is 11.9. The molecular weight excluding hydrogens is 286 g/mol. The van der Waals surface area contributed by atoms with Gasteiger partial charge in [-0.15, -0.1) is 0 Å². The molecule has 0 aromatic carbocycles. The van der Waals surface area contributed by atoms with E-state index in [-0.39, 0.29) is 5.91 Å². The normalized spacial score (nSPS) is 10.5. The molecule has 2 heterocycles. The average Bonchev–Trinajstić information content (AvgIpc) is 2.87. The van der Waals surface area contributed by atoms with E-state index in [1.54, 1.807) is 10.7 Å². The summed E-state index contributed by atoms with van der Waals surface area (Å²) in [6, 6.07) is 3.56. The number of halogens is 1. The number of carbonyl (C=O) groups excluding carboxylic acids is 1. The van der Waals surface area contributed by atoms with E-state index in [9.17, 15) is 4.79 Å². The van der Waals surface area contributed by atoms with Crippen LogP contribution in [-0.4, -0.2) is 22.2 Å². The fourth-order valence-electron chi connectivity index (χ4n) is 1.45. The SMILES string of the molecule is Cn1ccc(CCNC(=O)c2ccoc2Br)n1. The largest absolute Gasteiger partial charge is 0.457 e. The Morgan fingerprint density at radius 2 is 2.41 bits per heavy atom. The summed E-state index contributed by atoms with van der Waals surface area (Å²) < 4.78 is 7.19. The van der Waals surface area contributed by atoms with Crippen LogP contribution in [0.25, 0.3) is 0 Å². The first-order chi connectivity index (χ1) is 8.16. The second-order valence-corrected chi connectivity index (χ2v) is 4.31. The summed E-state index contributed by atoms with van der Waals surface area (Å²) in [7, 11) is 1.87. The van der Waals surface area contributed by atoms with Crippen LogP contribution in [0.15, 0.2) is 33.7 Å². The van der Waals surface area contributed by atoms with Crippen molar-refractivity contribution in [1.82, 2.24) is 15.1 Å². The Morgan fingerprint density at radius 3 is 3.00 bits per heavy atom. The minimum atomic E-state index is -0.151. The number of nitrogens with one attached hydrogen (secondary N) is 1. The number of carbonyl (C=O) groups is 1. The zero-order chi connectivity index (χ0) is 12.3. The van der Waals surface area contributed by atoms with Crippen LogP contribution in [0.2, 0.25) is 0 Å². The average molecular weight is 298 g/mol. The van der Waals surface area contributed by atoms with E-state index in [4.69, 9.17) is 4.42 Å². The Balaban J connectivity index is 1.83. The number of furan rings is 1. The van der Waals surface area contributed by atoms with Gasteiger partial charge in [0.1, 0.15) is 0 Å². The highest BCUT2D eigenvalue weighted by atomic mass is 79.9. The zero-order valence-electron chi connectivity index (χ0n) is 9.31. The van der Waals surface area contributed by atoms with Gasteiger partial charge in [0.25, 0.3) is 5.91 Å². The third kappa shape index (κ3) is 2.97. The summed E-state index contributed by atoms with van der Waals surface area (Å²) in [6.45, 7) is 0.549. The van der Waals surface area contributed by atoms with Crippen molar-refractivity contribution >= 4 is 21.8 Å². The number of rotatable bonds is 4. The zero-order valence-corrected chi connectivity index (χ0v) is 10.9. The molecule has 5 nitrogen and oxygen atoms in total. The van der Waals surface area contributed by atoms with Gasteiger partial charge < -0.3 is 9.73 Å². The van der Waals surface area contributed by atoms with Crippen LogP contribution in [-0.2, 0) is 13.5 Å². The first-order valence-electron chi connectivity index (χ1n) is 5.16. The summed E-state index contributed by atoms with van der Waals surface area (Å²) in [6.07, 6.45) is 4.06. The monoisotopic (exact) mass is 297 g/mol. The molecular formula is C11H12BrN3O2. The summed E-state index contributed by atoms with van der Waals surface area (Å²) in [5.74, 6) is -0.151. The molecule has 2 aromatic rings. The minimum absolute atomic E-state index is 0.151. The molecule has 0 unspecified atom stereocenters. The lowest BCUT2D eigenvalue weighted by Gasteiger charge is -2.02. The van der Waals surface area contributed by atoms with Crippen molar-refractivity contribution in [3.8, 4) is 0 Å². The van der Waals surface area contributed by atoms with Gasteiger partial charge in [-0.3, -0.25) is 9.48 Å². The molecule has 2 rings (SSSR count). The van der Waals surface area contributed by atoms with Crippen LogP contribution in [0.5, 0.6) is 0 Å². The van der Waals surface area contributed by atoms with E-state index in [0.29, 0.717) is 23.2 Å². The van der Waals surface area contributed by atoms with Gasteiger partial charge in [0.15, 0.2) is 4.67 Å². The number of hydrogen-bond acceptors (Lipinski definition) is 3. The summed E-state index contributed by atoms with van der Waals surface area (Å²) >= 11 is 3.16. The van der Waals surface area contributed by atoms with Gasteiger partial charge in [0.05, 0.1) is 17.5 Å². The van der Waals surface area contributed by atoms with Crippen molar-refractivity contribution in [1.29, 1.82) is 0 Å². The Kier molecular flexibility index (Phi) is 3.63. The van der Waals surface area contributed by atoms with E-state index in [1.807, 2.05) is 19.3 Å². The van der Waals surface area contributed by atoms with E-state index in [1.165, 1.54) is 6.26 Å². The highest BCUT2D eigenvalue weighted by Crippen LogP contribution is 2.16. The van der Waals surface area contributed by atoms with Crippen molar-refractivity contribution in [3.05, 3.63) is 40.5 Å². The summed E-state index contributed by atoms with van der Waals surface area (Å²) in [5, 5.41) is 7.03. The Hall–Kier alpha value is -1.56. The smallest absolute Gasteiger partial charge is 0.255 e. The molecule has 0 aliphatic heterocycles. The van der Waals surface area contributed by atoms with E-state index in [2.05, 4.69) is 26.3 Å². The van der Waals surface area contributed by atoms with Gasteiger partial charge in [0, 0.05) is 26.2 Å². The molecule has 0 spiro atoms.